The van der Waals surface area contributed by atoms with Gasteiger partial charge in [-0.3, -0.25) is 9.59 Å². The number of nitrogens with one attached hydrogen (secondary N) is 1. The van der Waals surface area contributed by atoms with Gasteiger partial charge in [-0.2, -0.15) is 0 Å². The summed E-state index contributed by atoms with van der Waals surface area (Å²) in [7, 11) is 0. The van der Waals surface area contributed by atoms with Crippen LogP contribution in [0.1, 0.15) is 39.5 Å². The lowest BCUT2D eigenvalue weighted by atomic mass is 10.0. The van der Waals surface area contributed by atoms with Gasteiger partial charge >= 0.3 is 0 Å². The average molecular weight is 241 g/mol. The fourth-order valence-corrected chi connectivity index (χ4v) is 2.15. The summed E-state index contributed by atoms with van der Waals surface area (Å²) in [6, 6.07) is 0.268. The minimum Gasteiger partial charge on any atom is -0.368 e. The fourth-order valence-electron chi connectivity index (χ4n) is 2.15. The van der Waals surface area contributed by atoms with Gasteiger partial charge in [-0.05, 0) is 33.2 Å². The summed E-state index contributed by atoms with van der Waals surface area (Å²) in [5.74, 6) is -0.443. The summed E-state index contributed by atoms with van der Waals surface area (Å²) in [5, 5.41) is 3.33. The summed E-state index contributed by atoms with van der Waals surface area (Å²) >= 11 is 0. The van der Waals surface area contributed by atoms with E-state index in [4.69, 9.17) is 5.73 Å². The van der Waals surface area contributed by atoms with Crippen LogP contribution in [-0.2, 0) is 9.59 Å². The van der Waals surface area contributed by atoms with Crippen LogP contribution >= 0.6 is 0 Å². The predicted octanol–water partition coefficient (Wildman–Crippen LogP) is 0.241. The van der Waals surface area contributed by atoms with Crippen molar-refractivity contribution in [3.8, 4) is 0 Å². The quantitative estimate of drug-likeness (QED) is 0.724. The predicted molar refractivity (Wildman–Crippen MR) is 66.3 cm³/mol. The zero-order chi connectivity index (χ0) is 12.8. The molecule has 1 atom stereocenters. The molecule has 1 unspecified atom stereocenters. The van der Waals surface area contributed by atoms with Gasteiger partial charge in [0.2, 0.25) is 11.8 Å². The standard InChI is InChI=1S/C12H23N3O2/c1-9(2)15(8-11(13)16)12(17)7-10-5-3-4-6-14-10/h9-10,14H,3-8H2,1-2H3,(H2,13,16). The molecule has 5 heteroatoms. The second-order valence-electron chi connectivity index (χ2n) is 4.93. The zero-order valence-corrected chi connectivity index (χ0v) is 10.7. The van der Waals surface area contributed by atoms with E-state index in [-0.39, 0.29) is 24.5 Å². The van der Waals surface area contributed by atoms with Crippen molar-refractivity contribution >= 4 is 11.8 Å². The highest BCUT2D eigenvalue weighted by atomic mass is 16.2. The van der Waals surface area contributed by atoms with Crippen LogP contribution in [0.25, 0.3) is 0 Å². The van der Waals surface area contributed by atoms with Gasteiger partial charge in [0.25, 0.3) is 0 Å². The highest BCUT2D eigenvalue weighted by Gasteiger charge is 2.23. The average Bonchev–Trinajstić information content (AvgIpc) is 2.26. The molecule has 0 spiro atoms. The summed E-state index contributed by atoms with van der Waals surface area (Å²) < 4.78 is 0. The molecule has 0 aromatic heterocycles. The molecule has 0 aromatic rings. The molecule has 0 bridgehead atoms. The SMILES string of the molecule is CC(C)N(CC(N)=O)C(=O)CC1CCCCN1. The van der Waals surface area contributed by atoms with Gasteiger partial charge < -0.3 is 16.0 Å². The number of nitrogens with zero attached hydrogens (tertiary/aromatic N) is 1. The molecular formula is C12H23N3O2. The molecule has 0 saturated carbocycles. The Hall–Kier alpha value is -1.10. The molecule has 1 aliphatic rings. The fraction of sp³-hybridized carbons (Fsp3) is 0.833. The third-order valence-electron chi connectivity index (χ3n) is 3.10. The van der Waals surface area contributed by atoms with Crippen molar-refractivity contribution in [2.75, 3.05) is 13.1 Å². The molecule has 0 aliphatic carbocycles. The zero-order valence-electron chi connectivity index (χ0n) is 10.7. The van der Waals surface area contributed by atoms with Gasteiger partial charge in [0.05, 0.1) is 6.54 Å². The van der Waals surface area contributed by atoms with Gasteiger partial charge in [0, 0.05) is 18.5 Å². The molecule has 5 nitrogen and oxygen atoms in total. The van der Waals surface area contributed by atoms with Crippen LogP contribution < -0.4 is 11.1 Å². The van der Waals surface area contributed by atoms with Crippen molar-refractivity contribution in [1.82, 2.24) is 10.2 Å². The van der Waals surface area contributed by atoms with Crippen molar-refractivity contribution in [1.29, 1.82) is 0 Å². The largest absolute Gasteiger partial charge is 0.368 e. The number of piperidine rings is 1. The van der Waals surface area contributed by atoms with E-state index in [0.717, 1.165) is 13.0 Å². The highest BCUT2D eigenvalue weighted by Crippen LogP contribution is 2.12. The molecule has 17 heavy (non-hydrogen) atoms. The lowest BCUT2D eigenvalue weighted by molar-refractivity contribution is -0.137. The third-order valence-corrected chi connectivity index (χ3v) is 3.10. The Kier molecular flexibility index (Phi) is 5.41. The van der Waals surface area contributed by atoms with E-state index in [2.05, 4.69) is 5.32 Å². The Morgan fingerprint density at radius 3 is 2.59 bits per heavy atom. The topological polar surface area (TPSA) is 75.4 Å². The molecule has 1 rings (SSSR count). The number of rotatable bonds is 5. The number of amides is 2. The maximum Gasteiger partial charge on any atom is 0.237 e. The molecule has 3 N–H and O–H groups in total. The molecule has 1 saturated heterocycles. The van der Waals surface area contributed by atoms with Gasteiger partial charge in [0.1, 0.15) is 0 Å². The molecule has 1 heterocycles. The number of nitrogens with two attached hydrogens (primary N) is 1. The number of carbonyl (C=O) groups excluding carboxylic acids is 2. The Bertz CT molecular complexity index is 273. The van der Waals surface area contributed by atoms with Crippen LogP contribution in [0.2, 0.25) is 0 Å². The maximum absolute atomic E-state index is 12.1. The smallest absolute Gasteiger partial charge is 0.237 e. The minimum atomic E-state index is -0.455. The van der Waals surface area contributed by atoms with E-state index in [1.54, 1.807) is 4.90 Å². The molecule has 1 aliphatic heterocycles. The van der Waals surface area contributed by atoms with E-state index in [9.17, 15) is 9.59 Å². The molecule has 1 fully saturated rings. The van der Waals surface area contributed by atoms with Crippen LogP contribution in [0, 0.1) is 0 Å². The van der Waals surface area contributed by atoms with Crippen LogP contribution in [0.3, 0.4) is 0 Å². The van der Waals surface area contributed by atoms with E-state index in [1.807, 2.05) is 13.8 Å². The van der Waals surface area contributed by atoms with Gasteiger partial charge in [-0.15, -0.1) is 0 Å². The first kappa shape index (κ1) is 14.0. The molecule has 0 aromatic carbocycles. The third kappa shape index (κ3) is 4.73. The van der Waals surface area contributed by atoms with Crippen LogP contribution in [0.15, 0.2) is 0 Å². The Morgan fingerprint density at radius 1 is 1.41 bits per heavy atom. The first-order chi connectivity index (χ1) is 8.00. The van der Waals surface area contributed by atoms with E-state index in [1.165, 1.54) is 12.8 Å². The number of carbonyl (C=O) groups is 2. The maximum atomic E-state index is 12.1. The second kappa shape index (κ2) is 6.59. The van der Waals surface area contributed by atoms with E-state index in [0.29, 0.717) is 6.42 Å². The van der Waals surface area contributed by atoms with Crippen molar-refractivity contribution < 1.29 is 9.59 Å². The summed E-state index contributed by atoms with van der Waals surface area (Å²) in [5.41, 5.74) is 5.15. The first-order valence-corrected chi connectivity index (χ1v) is 6.32. The lowest BCUT2D eigenvalue weighted by Crippen LogP contribution is -2.46. The van der Waals surface area contributed by atoms with Crippen LogP contribution in [-0.4, -0.2) is 41.9 Å². The number of hydrogen-bond acceptors (Lipinski definition) is 3. The van der Waals surface area contributed by atoms with Crippen molar-refractivity contribution in [2.45, 2.75) is 51.6 Å². The summed E-state index contributed by atoms with van der Waals surface area (Å²) in [6.45, 7) is 4.79. The minimum absolute atomic E-state index is 0.0122. The van der Waals surface area contributed by atoms with Crippen molar-refractivity contribution in [2.24, 2.45) is 5.73 Å². The van der Waals surface area contributed by atoms with Gasteiger partial charge in [0.15, 0.2) is 0 Å². The van der Waals surface area contributed by atoms with Gasteiger partial charge in [-0.25, -0.2) is 0 Å². The molecular weight excluding hydrogens is 218 g/mol. The second-order valence-corrected chi connectivity index (χ2v) is 4.93. The van der Waals surface area contributed by atoms with Gasteiger partial charge in [-0.1, -0.05) is 6.42 Å². The lowest BCUT2D eigenvalue weighted by Gasteiger charge is -2.29. The Morgan fingerprint density at radius 2 is 2.12 bits per heavy atom. The van der Waals surface area contributed by atoms with Crippen molar-refractivity contribution in [3.05, 3.63) is 0 Å². The van der Waals surface area contributed by atoms with E-state index < -0.39 is 5.91 Å². The molecule has 2 amide bonds. The highest BCUT2D eigenvalue weighted by molar-refractivity contribution is 5.84. The monoisotopic (exact) mass is 241 g/mol. The van der Waals surface area contributed by atoms with Crippen LogP contribution in [0.5, 0.6) is 0 Å². The van der Waals surface area contributed by atoms with Crippen LogP contribution in [0.4, 0.5) is 0 Å². The summed E-state index contributed by atoms with van der Waals surface area (Å²) in [4.78, 5) is 24.5. The summed E-state index contributed by atoms with van der Waals surface area (Å²) in [6.07, 6.45) is 3.85. The molecule has 98 valence electrons. The normalized spacial score (nSPS) is 20.3. The van der Waals surface area contributed by atoms with E-state index >= 15 is 0 Å². The Balaban J connectivity index is 2.49. The van der Waals surface area contributed by atoms with Crippen molar-refractivity contribution in [3.63, 3.8) is 0 Å². The number of hydrogen-bond donors (Lipinski definition) is 2. The number of primary amides is 1. The molecule has 0 radical (unpaired) electrons. The first-order valence-electron chi connectivity index (χ1n) is 6.32. The Labute approximate surface area is 103 Å².